The molecule has 0 aromatic carbocycles. The molecule has 0 saturated carbocycles. The van der Waals surface area contributed by atoms with Crippen LogP contribution in [0.4, 0.5) is 0 Å². The number of hydrogen-bond donors (Lipinski definition) is 2. The van der Waals surface area contributed by atoms with Gasteiger partial charge in [-0.3, -0.25) is 10.5 Å². The van der Waals surface area contributed by atoms with Crippen molar-refractivity contribution in [2.75, 3.05) is 20.6 Å². The molecule has 1 unspecified atom stereocenters. The second-order valence-electron chi connectivity index (χ2n) is 4.65. The normalized spacial score (nSPS) is 13.1. The van der Waals surface area contributed by atoms with Gasteiger partial charge in [-0.25, -0.2) is 5.43 Å². The Bertz CT molecular complexity index is 568. The largest absolute Gasteiger partial charge is 0.308 e. The quantitative estimate of drug-likeness (QED) is 0.599. The summed E-state index contributed by atoms with van der Waals surface area (Å²) in [5.41, 5.74) is 3.73. The van der Waals surface area contributed by atoms with Gasteiger partial charge in [0.1, 0.15) is 0 Å². The molecular formula is C12H17BrClN5S. The maximum absolute atomic E-state index is 6.29. The fraction of sp³-hybridized carbons (Fsp3) is 0.417. The van der Waals surface area contributed by atoms with Crippen LogP contribution in [0.15, 0.2) is 22.1 Å². The number of nitrogens with zero attached hydrogens (tertiary/aromatic N) is 3. The van der Waals surface area contributed by atoms with Crippen LogP contribution >= 0.6 is 38.9 Å². The van der Waals surface area contributed by atoms with Crippen molar-refractivity contribution in [1.29, 1.82) is 0 Å². The molecule has 0 amide bonds. The Morgan fingerprint density at radius 3 is 2.85 bits per heavy atom. The van der Waals surface area contributed by atoms with E-state index in [1.807, 2.05) is 30.9 Å². The van der Waals surface area contributed by atoms with Gasteiger partial charge in [0, 0.05) is 11.4 Å². The predicted octanol–water partition coefficient (Wildman–Crippen LogP) is 2.47. The SMILES string of the molecule is CN(C)CCn1ncc(Cl)c1C(NN)c1ccc(Br)s1. The number of hydrazine groups is 1. The summed E-state index contributed by atoms with van der Waals surface area (Å²) in [6, 6.07) is 3.86. The van der Waals surface area contributed by atoms with Crippen molar-refractivity contribution in [3.05, 3.63) is 37.7 Å². The Morgan fingerprint density at radius 2 is 2.30 bits per heavy atom. The highest BCUT2D eigenvalue weighted by Crippen LogP contribution is 2.33. The summed E-state index contributed by atoms with van der Waals surface area (Å²) in [6.07, 6.45) is 1.67. The molecule has 0 bridgehead atoms. The van der Waals surface area contributed by atoms with E-state index >= 15 is 0 Å². The average molecular weight is 379 g/mol. The second-order valence-corrected chi connectivity index (χ2v) is 7.55. The summed E-state index contributed by atoms with van der Waals surface area (Å²) in [5, 5.41) is 4.97. The Balaban J connectivity index is 2.31. The number of likely N-dealkylation sites (N-methyl/N-ethyl adjacent to an activating group) is 1. The third-order valence-electron chi connectivity index (χ3n) is 2.91. The lowest BCUT2D eigenvalue weighted by molar-refractivity contribution is 0.366. The number of hydrogen-bond acceptors (Lipinski definition) is 5. The van der Waals surface area contributed by atoms with E-state index in [1.54, 1.807) is 17.5 Å². The van der Waals surface area contributed by atoms with Gasteiger partial charge in [-0.1, -0.05) is 11.6 Å². The Labute approximate surface area is 135 Å². The highest BCUT2D eigenvalue weighted by molar-refractivity contribution is 9.11. The molecule has 3 N–H and O–H groups in total. The van der Waals surface area contributed by atoms with Gasteiger partial charge in [0.2, 0.25) is 0 Å². The van der Waals surface area contributed by atoms with Crippen LogP contribution in [-0.2, 0) is 6.54 Å². The maximum Gasteiger partial charge on any atom is 0.0985 e. The maximum atomic E-state index is 6.29. The molecule has 0 spiro atoms. The second kappa shape index (κ2) is 7.02. The highest BCUT2D eigenvalue weighted by Gasteiger charge is 2.22. The molecule has 5 nitrogen and oxygen atoms in total. The lowest BCUT2D eigenvalue weighted by atomic mass is 10.2. The molecular weight excluding hydrogens is 362 g/mol. The zero-order valence-electron chi connectivity index (χ0n) is 11.3. The molecule has 0 fully saturated rings. The van der Waals surface area contributed by atoms with Crippen LogP contribution in [0.2, 0.25) is 5.02 Å². The molecule has 2 aromatic heterocycles. The molecule has 0 aliphatic carbocycles. The number of halogens is 2. The standard InChI is InChI=1S/C12H17BrClN5S/c1-18(2)5-6-19-12(8(14)7-16-19)11(17-15)9-3-4-10(13)20-9/h3-4,7,11,17H,5-6,15H2,1-2H3. The minimum atomic E-state index is -0.163. The molecule has 110 valence electrons. The third-order valence-corrected chi connectivity index (χ3v) is 4.89. The summed E-state index contributed by atoms with van der Waals surface area (Å²) >= 11 is 11.4. The van der Waals surface area contributed by atoms with Crippen molar-refractivity contribution >= 4 is 38.9 Å². The molecule has 0 radical (unpaired) electrons. The number of aromatic nitrogens is 2. The van der Waals surface area contributed by atoms with Crippen LogP contribution in [0.25, 0.3) is 0 Å². The van der Waals surface area contributed by atoms with Crippen LogP contribution < -0.4 is 11.3 Å². The highest BCUT2D eigenvalue weighted by atomic mass is 79.9. The Kier molecular flexibility index (Phi) is 5.59. The summed E-state index contributed by atoms with van der Waals surface area (Å²) in [6.45, 7) is 1.65. The van der Waals surface area contributed by atoms with Crippen LogP contribution in [0.3, 0.4) is 0 Å². The summed E-state index contributed by atoms with van der Waals surface area (Å²) in [5.74, 6) is 5.73. The van der Waals surface area contributed by atoms with E-state index in [0.29, 0.717) is 5.02 Å². The van der Waals surface area contributed by atoms with E-state index in [0.717, 1.165) is 27.4 Å². The minimum absolute atomic E-state index is 0.163. The smallest absolute Gasteiger partial charge is 0.0985 e. The molecule has 8 heteroatoms. The summed E-state index contributed by atoms with van der Waals surface area (Å²) < 4.78 is 2.96. The van der Waals surface area contributed by atoms with Crippen molar-refractivity contribution in [2.45, 2.75) is 12.6 Å². The topological polar surface area (TPSA) is 59.1 Å². The van der Waals surface area contributed by atoms with Crippen molar-refractivity contribution < 1.29 is 0 Å². The molecule has 0 aliphatic rings. The molecule has 2 aromatic rings. The molecule has 20 heavy (non-hydrogen) atoms. The van der Waals surface area contributed by atoms with Crippen molar-refractivity contribution in [2.24, 2.45) is 5.84 Å². The van der Waals surface area contributed by atoms with Gasteiger partial charge < -0.3 is 4.90 Å². The average Bonchev–Trinajstić information content (AvgIpc) is 2.97. The van der Waals surface area contributed by atoms with E-state index in [-0.39, 0.29) is 6.04 Å². The summed E-state index contributed by atoms with van der Waals surface area (Å²) in [4.78, 5) is 3.19. The molecule has 1 atom stereocenters. The molecule has 2 heterocycles. The lowest BCUT2D eigenvalue weighted by Crippen LogP contribution is -2.31. The van der Waals surface area contributed by atoms with Crippen LogP contribution in [0.5, 0.6) is 0 Å². The van der Waals surface area contributed by atoms with Crippen molar-refractivity contribution in [3.8, 4) is 0 Å². The number of rotatable bonds is 6. The van der Waals surface area contributed by atoms with Gasteiger partial charge in [-0.05, 0) is 42.2 Å². The van der Waals surface area contributed by atoms with E-state index in [1.165, 1.54) is 0 Å². The Morgan fingerprint density at radius 1 is 1.55 bits per heavy atom. The summed E-state index contributed by atoms with van der Waals surface area (Å²) in [7, 11) is 4.06. The van der Waals surface area contributed by atoms with Crippen LogP contribution in [-0.4, -0.2) is 35.3 Å². The lowest BCUT2D eigenvalue weighted by Gasteiger charge is -2.18. The van der Waals surface area contributed by atoms with Gasteiger partial charge in [-0.2, -0.15) is 5.10 Å². The van der Waals surface area contributed by atoms with E-state index in [9.17, 15) is 0 Å². The van der Waals surface area contributed by atoms with Gasteiger partial charge in [-0.15, -0.1) is 11.3 Å². The molecule has 2 rings (SSSR count). The zero-order chi connectivity index (χ0) is 14.7. The van der Waals surface area contributed by atoms with Crippen molar-refractivity contribution in [1.82, 2.24) is 20.1 Å². The first kappa shape index (κ1) is 15.9. The monoisotopic (exact) mass is 377 g/mol. The first-order valence-corrected chi connectivity index (χ1v) is 8.09. The van der Waals surface area contributed by atoms with Crippen LogP contribution in [0, 0.1) is 0 Å². The van der Waals surface area contributed by atoms with E-state index in [2.05, 4.69) is 31.4 Å². The number of nitrogens with two attached hydrogens (primary N) is 1. The number of thiophene rings is 1. The fourth-order valence-corrected chi connectivity index (χ4v) is 3.65. The van der Waals surface area contributed by atoms with Gasteiger partial charge >= 0.3 is 0 Å². The zero-order valence-corrected chi connectivity index (χ0v) is 14.5. The third kappa shape index (κ3) is 3.60. The number of nitrogens with one attached hydrogen (secondary N) is 1. The Hall–Kier alpha value is -0.440. The van der Waals surface area contributed by atoms with Gasteiger partial charge in [0.15, 0.2) is 0 Å². The fourth-order valence-electron chi connectivity index (χ4n) is 1.91. The van der Waals surface area contributed by atoms with E-state index < -0.39 is 0 Å². The van der Waals surface area contributed by atoms with E-state index in [4.69, 9.17) is 17.4 Å². The van der Waals surface area contributed by atoms with Gasteiger partial charge in [0.05, 0.1) is 33.3 Å². The van der Waals surface area contributed by atoms with Crippen molar-refractivity contribution in [3.63, 3.8) is 0 Å². The van der Waals surface area contributed by atoms with Gasteiger partial charge in [0.25, 0.3) is 0 Å². The first-order chi connectivity index (χ1) is 9.52. The molecule has 0 saturated heterocycles. The van der Waals surface area contributed by atoms with Crippen LogP contribution in [0.1, 0.15) is 16.6 Å². The minimum Gasteiger partial charge on any atom is -0.308 e. The molecule has 0 aliphatic heterocycles. The predicted molar refractivity (Wildman–Crippen MR) is 87.0 cm³/mol. The first-order valence-electron chi connectivity index (χ1n) is 6.10.